The van der Waals surface area contributed by atoms with Crippen LogP contribution in [0, 0.1) is 10.1 Å². The summed E-state index contributed by atoms with van der Waals surface area (Å²) in [6.45, 7) is -0.525. The van der Waals surface area contributed by atoms with Crippen LogP contribution in [0.4, 0.5) is 11.4 Å². The SMILES string of the molecule is O=c1cc[nH]c(=O)n1C1CN(S(=O)(=O)c2ccccc2[N+](=O)[O-])c2ccccc2CO1. The maximum Gasteiger partial charge on any atom is 0.330 e. The molecule has 1 aromatic heterocycles. The van der Waals surface area contributed by atoms with Gasteiger partial charge in [-0.05, 0) is 12.1 Å². The highest BCUT2D eigenvalue weighted by atomic mass is 32.2. The Kier molecular flexibility index (Phi) is 5.17. The fourth-order valence-corrected chi connectivity index (χ4v) is 5.05. The number of aromatic nitrogens is 2. The third-order valence-corrected chi connectivity index (χ3v) is 6.65. The molecular formula is C19H16N4O7S. The summed E-state index contributed by atoms with van der Waals surface area (Å²) >= 11 is 0. The average Bonchev–Trinajstić information content (AvgIpc) is 2.94. The first kappa shape index (κ1) is 20.5. The van der Waals surface area contributed by atoms with Crippen molar-refractivity contribution in [2.24, 2.45) is 0 Å². The van der Waals surface area contributed by atoms with Crippen LogP contribution in [0.25, 0.3) is 0 Å². The molecule has 12 heteroatoms. The van der Waals surface area contributed by atoms with Crippen molar-refractivity contribution in [2.75, 3.05) is 10.8 Å². The zero-order chi connectivity index (χ0) is 22.2. The molecule has 1 aliphatic rings. The zero-order valence-corrected chi connectivity index (χ0v) is 16.7. The minimum atomic E-state index is -4.46. The van der Waals surface area contributed by atoms with Gasteiger partial charge in [0.2, 0.25) is 0 Å². The van der Waals surface area contributed by atoms with Crippen molar-refractivity contribution >= 4 is 21.4 Å². The number of ether oxygens (including phenoxy) is 1. The molecule has 31 heavy (non-hydrogen) atoms. The smallest absolute Gasteiger partial charge is 0.330 e. The van der Waals surface area contributed by atoms with Gasteiger partial charge in [-0.25, -0.2) is 17.8 Å². The Labute approximate surface area is 175 Å². The van der Waals surface area contributed by atoms with Gasteiger partial charge < -0.3 is 9.72 Å². The van der Waals surface area contributed by atoms with Crippen molar-refractivity contribution in [1.82, 2.24) is 9.55 Å². The molecule has 160 valence electrons. The molecule has 1 aliphatic heterocycles. The van der Waals surface area contributed by atoms with E-state index in [1.165, 1.54) is 24.4 Å². The number of benzene rings is 2. The van der Waals surface area contributed by atoms with Gasteiger partial charge in [0.05, 0.1) is 23.8 Å². The fraction of sp³-hybridized carbons (Fsp3) is 0.158. The molecular weight excluding hydrogens is 428 g/mol. The second-order valence-corrected chi connectivity index (χ2v) is 8.48. The zero-order valence-electron chi connectivity index (χ0n) is 15.9. The molecule has 0 radical (unpaired) electrons. The van der Waals surface area contributed by atoms with Gasteiger partial charge in [0.25, 0.3) is 21.3 Å². The van der Waals surface area contributed by atoms with Crippen LogP contribution in [0.1, 0.15) is 11.8 Å². The van der Waals surface area contributed by atoms with E-state index in [1.54, 1.807) is 18.2 Å². The van der Waals surface area contributed by atoms with Crippen LogP contribution in [0.2, 0.25) is 0 Å². The van der Waals surface area contributed by atoms with Gasteiger partial charge in [-0.1, -0.05) is 30.3 Å². The Morgan fingerprint density at radius 2 is 1.77 bits per heavy atom. The normalized spacial score (nSPS) is 16.4. The summed E-state index contributed by atoms with van der Waals surface area (Å²) in [7, 11) is -4.46. The molecule has 0 saturated heterocycles. The summed E-state index contributed by atoms with van der Waals surface area (Å²) in [5.41, 5.74) is -1.32. The highest BCUT2D eigenvalue weighted by Gasteiger charge is 2.37. The number of nitro benzene ring substituents is 1. The van der Waals surface area contributed by atoms with E-state index in [0.717, 1.165) is 27.1 Å². The van der Waals surface area contributed by atoms with E-state index in [4.69, 9.17) is 4.74 Å². The molecule has 0 spiro atoms. The number of nitrogens with zero attached hydrogens (tertiary/aromatic N) is 3. The predicted octanol–water partition coefficient (Wildman–Crippen LogP) is 1.37. The lowest BCUT2D eigenvalue weighted by Gasteiger charge is -2.26. The minimum Gasteiger partial charge on any atom is -0.351 e. The molecule has 1 unspecified atom stereocenters. The highest BCUT2D eigenvalue weighted by Crippen LogP contribution is 2.35. The van der Waals surface area contributed by atoms with E-state index in [1.807, 2.05) is 0 Å². The number of anilines is 1. The Balaban J connectivity index is 1.91. The molecule has 0 aliphatic carbocycles. The maximum atomic E-state index is 13.6. The summed E-state index contributed by atoms with van der Waals surface area (Å²) in [5.74, 6) is 0. The Morgan fingerprint density at radius 1 is 1.06 bits per heavy atom. The lowest BCUT2D eigenvalue weighted by Crippen LogP contribution is -2.44. The number of para-hydroxylation sites is 2. The summed E-state index contributed by atoms with van der Waals surface area (Å²) in [6, 6.07) is 12.6. The van der Waals surface area contributed by atoms with Crippen molar-refractivity contribution < 1.29 is 18.1 Å². The second-order valence-electron chi connectivity index (χ2n) is 6.65. The van der Waals surface area contributed by atoms with Crippen LogP contribution in [0.5, 0.6) is 0 Å². The molecule has 11 nitrogen and oxygen atoms in total. The van der Waals surface area contributed by atoms with Gasteiger partial charge in [-0.15, -0.1) is 0 Å². The Hall–Kier alpha value is -3.77. The quantitative estimate of drug-likeness (QED) is 0.472. The number of aromatic amines is 1. The van der Waals surface area contributed by atoms with Crippen LogP contribution in [0.3, 0.4) is 0 Å². The van der Waals surface area contributed by atoms with Crippen molar-refractivity contribution in [3.63, 3.8) is 0 Å². The standard InChI is InChI=1S/C19H16N4O7S/c24-17-9-10-20-19(25)22(17)18-11-21(14-6-2-1-5-13(14)12-30-18)31(28,29)16-8-4-3-7-15(16)23(26)27/h1-10,18H,11-12H2,(H,20,25). The van der Waals surface area contributed by atoms with Crippen molar-refractivity contribution in [2.45, 2.75) is 17.7 Å². The number of nitrogens with one attached hydrogen (secondary N) is 1. The molecule has 0 fully saturated rings. The number of hydrogen-bond acceptors (Lipinski definition) is 7. The van der Waals surface area contributed by atoms with Crippen molar-refractivity contribution in [3.8, 4) is 0 Å². The van der Waals surface area contributed by atoms with Crippen molar-refractivity contribution in [1.29, 1.82) is 0 Å². The molecule has 1 atom stereocenters. The summed E-state index contributed by atoms with van der Waals surface area (Å²) in [5, 5.41) is 11.4. The lowest BCUT2D eigenvalue weighted by atomic mass is 10.2. The van der Waals surface area contributed by atoms with Crippen LogP contribution in [0.15, 0.2) is 75.3 Å². The monoisotopic (exact) mass is 444 g/mol. The predicted molar refractivity (Wildman–Crippen MR) is 109 cm³/mol. The largest absolute Gasteiger partial charge is 0.351 e. The first-order chi connectivity index (χ1) is 14.8. The first-order valence-corrected chi connectivity index (χ1v) is 10.5. The van der Waals surface area contributed by atoms with E-state index < -0.39 is 49.6 Å². The number of hydrogen-bond donors (Lipinski definition) is 1. The Morgan fingerprint density at radius 3 is 2.52 bits per heavy atom. The molecule has 2 aromatic carbocycles. The lowest BCUT2D eigenvalue weighted by molar-refractivity contribution is -0.387. The topological polar surface area (TPSA) is 145 Å². The van der Waals surface area contributed by atoms with Gasteiger partial charge in [-0.2, -0.15) is 0 Å². The van der Waals surface area contributed by atoms with Gasteiger partial charge in [-0.3, -0.25) is 19.2 Å². The molecule has 0 amide bonds. The summed E-state index contributed by atoms with van der Waals surface area (Å²) < 4.78 is 34.6. The van der Waals surface area contributed by atoms with Crippen molar-refractivity contribution in [3.05, 3.63) is 97.3 Å². The first-order valence-electron chi connectivity index (χ1n) is 9.06. The van der Waals surface area contributed by atoms with Crippen LogP contribution < -0.4 is 15.6 Å². The van der Waals surface area contributed by atoms with Gasteiger partial charge >= 0.3 is 5.69 Å². The van der Waals surface area contributed by atoms with E-state index in [9.17, 15) is 28.1 Å². The van der Waals surface area contributed by atoms with E-state index in [-0.39, 0.29) is 12.3 Å². The van der Waals surface area contributed by atoms with E-state index in [0.29, 0.717) is 5.56 Å². The van der Waals surface area contributed by atoms with Gasteiger partial charge in [0.15, 0.2) is 11.1 Å². The van der Waals surface area contributed by atoms with E-state index >= 15 is 0 Å². The number of H-pyrrole nitrogens is 1. The molecule has 1 N–H and O–H groups in total. The van der Waals surface area contributed by atoms with Crippen LogP contribution in [-0.2, 0) is 21.4 Å². The van der Waals surface area contributed by atoms with Gasteiger partial charge in [0.1, 0.15) is 0 Å². The number of sulfonamides is 1. The van der Waals surface area contributed by atoms with Gasteiger partial charge in [0, 0.05) is 23.9 Å². The average molecular weight is 444 g/mol. The third-order valence-electron chi connectivity index (χ3n) is 4.82. The molecule has 0 bridgehead atoms. The number of nitro groups is 1. The maximum absolute atomic E-state index is 13.6. The summed E-state index contributed by atoms with van der Waals surface area (Å²) in [6.07, 6.45) is -0.0866. The minimum absolute atomic E-state index is 0.0789. The second kappa shape index (κ2) is 7.81. The number of rotatable bonds is 4. The van der Waals surface area contributed by atoms with Crippen LogP contribution in [-0.4, -0.2) is 29.4 Å². The highest BCUT2D eigenvalue weighted by molar-refractivity contribution is 7.93. The molecule has 2 heterocycles. The van der Waals surface area contributed by atoms with E-state index in [2.05, 4.69) is 4.98 Å². The Bertz CT molecular complexity index is 1350. The molecule has 3 aromatic rings. The third kappa shape index (κ3) is 3.62. The summed E-state index contributed by atoms with van der Waals surface area (Å²) in [4.78, 5) is 37.1. The number of fused-ring (bicyclic) bond motifs is 1. The molecule has 4 rings (SSSR count). The fourth-order valence-electron chi connectivity index (χ4n) is 3.39. The molecule has 0 saturated carbocycles. The van der Waals surface area contributed by atoms with Crippen LogP contribution >= 0.6 is 0 Å².